The first-order valence-corrected chi connectivity index (χ1v) is 3.27. The van der Waals surface area contributed by atoms with Gasteiger partial charge in [-0.2, -0.15) is 5.48 Å². The number of hydrogen-bond acceptors (Lipinski definition) is 3. The van der Waals surface area contributed by atoms with Crippen molar-refractivity contribution in [2.24, 2.45) is 0 Å². The fraction of sp³-hybridized carbons (Fsp3) is 0.500. The molecule has 1 heterocycles. The molecule has 0 spiro atoms. The molecule has 0 aliphatic rings. The lowest BCUT2D eigenvalue weighted by molar-refractivity contribution is 0.0864. The largest absolute Gasteiger partial charge is 0.305 e. The molecule has 0 atom stereocenters. The average molecular weight is 157 g/mol. The highest BCUT2D eigenvalue weighted by molar-refractivity contribution is 5.13. The minimum atomic E-state index is -0.105. The standard InChI is InChI=1S/C6H11N3O2/c1-4-5(3-7-11-2)6(10)9-8-4/h7H,3H2,1-2H3,(H2,8,9,10). The minimum absolute atomic E-state index is 0.105. The Labute approximate surface area is 63.7 Å². The van der Waals surface area contributed by atoms with E-state index in [1.807, 2.05) is 6.92 Å². The number of hydroxylamine groups is 1. The normalized spacial score (nSPS) is 10.4. The zero-order chi connectivity index (χ0) is 8.27. The van der Waals surface area contributed by atoms with Gasteiger partial charge in [-0.15, -0.1) is 0 Å². The monoisotopic (exact) mass is 157 g/mol. The van der Waals surface area contributed by atoms with E-state index in [9.17, 15) is 4.79 Å². The van der Waals surface area contributed by atoms with E-state index in [4.69, 9.17) is 0 Å². The predicted octanol–water partition coefficient (Wildman–Crippen LogP) is -0.338. The molecule has 0 amide bonds. The Morgan fingerprint density at radius 2 is 2.27 bits per heavy atom. The van der Waals surface area contributed by atoms with Crippen LogP contribution in [0.3, 0.4) is 0 Å². The van der Waals surface area contributed by atoms with E-state index < -0.39 is 0 Å². The highest BCUT2D eigenvalue weighted by Crippen LogP contribution is 1.94. The molecule has 0 bridgehead atoms. The van der Waals surface area contributed by atoms with Crippen molar-refractivity contribution >= 4 is 0 Å². The number of nitrogens with one attached hydrogen (secondary N) is 3. The Balaban J connectivity index is 2.75. The van der Waals surface area contributed by atoms with Crippen molar-refractivity contribution in [3.8, 4) is 0 Å². The van der Waals surface area contributed by atoms with Crippen LogP contribution in [0.5, 0.6) is 0 Å². The molecule has 0 saturated carbocycles. The first-order chi connectivity index (χ1) is 5.25. The van der Waals surface area contributed by atoms with Gasteiger partial charge in [-0.25, -0.2) is 0 Å². The number of aromatic nitrogens is 2. The average Bonchev–Trinajstić information content (AvgIpc) is 2.29. The van der Waals surface area contributed by atoms with E-state index in [1.165, 1.54) is 7.11 Å². The van der Waals surface area contributed by atoms with Gasteiger partial charge in [-0.1, -0.05) is 0 Å². The molecule has 0 saturated heterocycles. The maximum atomic E-state index is 11.0. The first kappa shape index (κ1) is 8.03. The molecular formula is C6H11N3O2. The van der Waals surface area contributed by atoms with Crippen LogP contribution in [-0.4, -0.2) is 17.3 Å². The van der Waals surface area contributed by atoms with Crippen LogP contribution in [0.1, 0.15) is 11.3 Å². The molecular weight excluding hydrogens is 146 g/mol. The predicted molar refractivity (Wildman–Crippen MR) is 40.0 cm³/mol. The van der Waals surface area contributed by atoms with Crippen LogP contribution in [-0.2, 0) is 11.4 Å². The van der Waals surface area contributed by atoms with Crippen LogP contribution in [0, 0.1) is 6.92 Å². The summed E-state index contributed by atoms with van der Waals surface area (Å²) in [5, 5.41) is 5.18. The lowest BCUT2D eigenvalue weighted by Crippen LogP contribution is -2.17. The molecule has 0 aliphatic heterocycles. The van der Waals surface area contributed by atoms with Gasteiger partial charge in [0.25, 0.3) is 5.56 Å². The van der Waals surface area contributed by atoms with Crippen molar-refractivity contribution in [1.29, 1.82) is 0 Å². The molecule has 0 fully saturated rings. The highest BCUT2D eigenvalue weighted by atomic mass is 16.6. The van der Waals surface area contributed by atoms with Crippen molar-refractivity contribution in [3.63, 3.8) is 0 Å². The van der Waals surface area contributed by atoms with E-state index in [2.05, 4.69) is 20.5 Å². The maximum Gasteiger partial charge on any atom is 0.268 e. The molecule has 0 aromatic carbocycles. The summed E-state index contributed by atoms with van der Waals surface area (Å²) >= 11 is 0. The van der Waals surface area contributed by atoms with Crippen LogP contribution in [0.2, 0.25) is 0 Å². The Hall–Kier alpha value is -1.07. The van der Waals surface area contributed by atoms with Crippen LogP contribution < -0.4 is 11.0 Å². The fourth-order valence-corrected chi connectivity index (χ4v) is 0.829. The van der Waals surface area contributed by atoms with Gasteiger partial charge in [-0.05, 0) is 6.92 Å². The van der Waals surface area contributed by atoms with Gasteiger partial charge >= 0.3 is 0 Å². The third-order valence-electron chi connectivity index (χ3n) is 1.48. The third kappa shape index (κ3) is 1.69. The van der Waals surface area contributed by atoms with Crippen LogP contribution in [0.25, 0.3) is 0 Å². The number of rotatable bonds is 3. The van der Waals surface area contributed by atoms with E-state index in [0.29, 0.717) is 12.1 Å². The van der Waals surface area contributed by atoms with E-state index >= 15 is 0 Å². The Bertz CT molecular complexity index is 276. The van der Waals surface area contributed by atoms with E-state index in [1.54, 1.807) is 0 Å². The van der Waals surface area contributed by atoms with Crippen molar-refractivity contribution in [2.75, 3.05) is 7.11 Å². The van der Waals surface area contributed by atoms with Gasteiger partial charge in [0.2, 0.25) is 0 Å². The first-order valence-electron chi connectivity index (χ1n) is 3.27. The van der Waals surface area contributed by atoms with Crippen molar-refractivity contribution < 1.29 is 4.84 Å². The number of H-pyrrole nitrogens is 2. The summed E-state index contributed by atoms with van der Waals surface area (Å²) in [7, 11) is 1.51. The highest BCUT2D eigenvalue weighted by Gasteiger charge is 2.03. The maximum absolute atomic E-state index is 11.0. The molecule has 1 rings (SSSR count). The molecule has 5 heteroatoms. The van der Waals surface area contributed by atoms with Crippen LogP contribution in [0.4, 0.5) is 0 Å². The molecule has 0 radical (unpaired) electrons. The van der Waals surface area contributed by atoms with Gasteiger partial charge < -0.3 is 9.94 Å². The van der Waals surface area contributed by atoms with Crippen molar-refractivity contribution in [1.82, 2.24) is 15.7 Å². The van der Waals surface area contributed by atoms with Crippen molar-refractivity contribution in [2.45, 2.75) is 13.5 Å². The second kappa shape index (κ2) is 3.36. The molecule has 11 heavy (non-hydrogen) atoms. The van der Waals surface area contributed by atoms with Gasteiger partial charge in [0.05, 0.1) is 19.2 Å². The Morgan fingerprint density at radius 1 is 1.55 bits per heavy atom. The van der Waals surface area contributed by atoms with Gasteiger partial charge in [0, 0.05) is 5.69 Å². The SMILES string of the molecule is CONCc1c(C)[nH][nH]c1=O. The zero-order valence-electron chi connectivity index (χ0n) is 6.52. The lowest BCUT2D eigenvalue weighted by Gasteiger charge is -1.97. The van der Waals surface area contributed by atoms with Gasteiger partial charge in [-0.3, -0.25) is 9.89 Å². The number of aromatic amines is 2. The summed E-state index contributed by atoms with van der Waals surface area (Å²) in [6, 6.07) is 0. The fourth-order valence-electron chi connectivity index (χ4n) is 0.829. The third-order valence-corrected chi connectivity index (χ3v) is 1.48. The molecule has 62 valence electrons. The summed E-state index contributed by atoms with van der Waals surface area (Å²) in [6.07, 6.45) is 0. The molecule has 3 N–H and O–H groups in total. The van der Waals surface area contributed by atoms with Crippen LogP contribution in [0.15, 0.2) is 4.79 Å². The quantitative estimate of drug-likeness (QED) is 0.526. The Morgan fingerprint density at radius 3 is 2.73 bits per heavy atom. The minimum Gasteiger partial charge on any atom is -0.305 e. The second-order valence-corrected chi connectivity index (χ2v) is 2.21. The lowest BCUT2D eigenvalue weighted by atomic mass is 10.3. The molecule has 5 nitrogen and oxygen atoms in total. The smallest absolute Gasteiger partial charge is 0.268 e. The second-order valence-electron chi connectivity index (χ2n) is 2.21. The summed E-state index contributed by atoms with van der Waals surface area (Å²) in [6.45, 7) is 2.24. The zero-order valence-corrected chi connectivity index (χ0v) is 6.52. The number of aryl methyl sites for hydroxylation is 1. The summed E-state index contributed by atoms with van der Waals surface area (Å²) in [4.78, 5) is 15.6. The number of hydrogen-bond donors (Lipinski definition) is 3. The van der Waals surface area contributed by atoms with Gasteiger partial charge in [0.1, 0.15) is 0 Å². The van der Waals surface area contributed by atoms with Crippen LogP contribution >= 0.6 is 0 Å². The molecule has 1 aromatic heterocycles. The topological polar surface area (TPSA) is 69.9 Å². The summed E-state index contributed by atoms with van der Waals surface area (Å²) < 4.78 is 0. The van der Waals surface area contributed by atoms with Gasteiger partial charge in [0.15, 0.2) is 0 Å². The molecule has 1 aromatic rings. The van der Waals surface area contributed by atoms with E-state index in [0.717, 1.165) is 5.69 Å². The summed E-state index contributed by atoms with van der Waals surface area (Å²) in [5.41, 5.74) is 3.99. The molecule has 0 unspecified atom stereocenters. The summed E-state index contributed by atoms with van der Waals surface area (Å²) in [5.74, 6) is 0. The molecule has 0 aliphatic carbocycles. The Kier molecular flexibility index (Phi) is 2.45. The van der Waals surface area contributed by atoms with E-state index in [-0.39, 0.29) is 5.56 Å². The van der Waals surface area contributed by atoms with Crippen molar-refractivity contribution in [3.05, 3.63) is 21.6 Å².